The van der Waals surface area contributed by atoms with Gasteiger partial charge in [0, 0.05) is 19.7 Å². The molecule has 178 valence electrons. The molecule has 2 aromatic carbocycles. The summed E-state index contributed by atoms with van der Waals surface area (Å²) in [5.41, 5.74) is 3.19. The minimum atomic E-state index is 0.0816. The third kappa shape index (κ3) is 5.08. The maximum absolute atomic E-state index is 13.1. The number of aromatic nitrogens is 2. The van der Waals surface area contributed by atoms with Gasteiger partial charge in [0.25, 0.3) is 0 Å². The van der Waals surface area contributed by atoms with Crippen molar-refractivity contribution in [1.82, 2.24) is 14.5 Å². The Morgan fingerprint density at radius 3 is 2.82 bits per heavy atom. The zero-order chi connectivity index (χ0) is 23.3. The fourth-order valence-electron chi connectivity index (χ4n) is 4.34. The molecule has 1 fully saturated rings. The topological polar surface area (TPSA) is 65.8 Å². The Morgan fingerprint density at radius 1 is 1.18 bits per heavy atom. The van der Waals surface area contributed by atoms with Crippen molar-refractivity contribution in [3.05, 3.63) is 60.3 Å². The van der Waals surface area contributed by atoms with Crippen LogP contribution in [0.2, 0.25) is 0 Å². The summed E-state index contributed by atoms with van der Waals surface area (Å²) in [6.07, 6.45) is 4.23. The number of ether oxygens (including phenoxy) is 3. The molecule has 1 aromatic heterocycles. The second-order valence-electron chi connectivity index (χ2n) is 8.42. The molecule has 0 N–H and O–H groups in total. The highest BCUT2D eigenvalue weighted by molar-refractivity contribution is 7.99. The van der Waals surface area contributed by atoms with Crippen LogP contribution in [-0.4, -0.2) is 52.2 Å². The molecule has 2 aliphatic rings. The lowest BCUT2D eigenvalue weighted by atomic mass is 10.1. The summed E-state index contributed by atoms with van der Waals surface area (Å²) in [7, 11) is 0. The number of hydrogen-bond acceptors (Lipinski definition) is 6. The summed E-state index contributed by atoms with van der Waals surface area (Å²) in [6, 6.07) is 16.1. The molecule has 7 nitrogen and oxygen atoms in total. The zero-order valence-corrected chi connectivity index (χ0v) is 20.1. The van der Waals surface area contributed by atoms with Crippen LogP contribution in [0.3, 0.4) is 0 Å². The van der Waals surface area contributed by atoms with E-state index in [1.165, 1.54) is 11.8 Å². The largest absolute Gasteiger partial charge is 0.454 e. The van der Waals surface area contributed by atoms with Gasteiger partial charge in [-0.05, 0) is 43.0 Å². The van der Waals surface area contributed by atoms with Crippen LogP contribution in [0, 0.1) is 0 Å². The van der Waals surface area contributed by atoms with E-state index in [1.54, 1.807) is 0 Å². The predicted molar refractivity (Wildman–Crippen MR) is 131 cm³/mol. The van der Waals surface area contributed by atoms with Crippen molar-refractivity contribution in [3.8, 4) is 22.8 Å². The number of amides is 1. The third-order valence-corrected chi connectivity index (χ3v) is 7.14. The lowest BCUT2D eigenvalue weighted by Gasteiger charge is -2.21. The first-order chi connectivity index (χ1) is 16.7. The SMILES string of the molecule is CCN(Cc1ccc2c(c1)OCO2)C(=O)CSc1ncc(-c2ccccc2)n1CC1CCCO1. The van der Waals surface area contributed by atoms with Gasteiger partial charge in [-0.1, -0.05) is 48.2 Å². The Hall–Kier alpha value is -2.97. The Kier molecular flexibility index (Phi) is 7.06. The van der Waals surface area contributed by atoms with Crippen LogP contribution >= 0.6 is 11.8 Å². The van der Waals surface area contributed by atoms with Crippen LogP contribution in [0.25, 0.3) is 11.3 Å². The lowest BCUT2D eigenvalue weighted by Crippen LogP contribution is -2.31. The standard InChI is InChI=1S/C26H29N3O4S/c1-2-28(15-19-10-11-23-24(13-19)33-18-32-23)25(30)17-34-26-27-14-22(20-7-4-3-5-8-20)29(26)16-21-9-6-12-31-21/h3-5,7-8,10-11,13-14,21H,2,6,9,12,15-18H2,1H3. The van der Waals surface area contributed by atoms with Crippen LogP contribution in [0.1, 0.15) is 25.3 Å². The van der Waals surface area contributed by atoms with Gasteiger partial charge in [-0.25, -0.2) is 4.98 Å². The van der Waals surface area contributed by atoms with Crippen LogP contribution in [-0.2, 0) is 22.6 Å². The van der Waals surface area contributed by atoms with Crippen molar-refractivity contribution in [3.63, 3.8) is 0 Å². The molecule has 0 bridgehead atoms. The van der Waals surface area contributed by atoms with Crippen LogP contribution in [0.15, 0.2) is 59.9 Å². The van der Waals surface area contributed by atoms with Crippen molar-refractivity contribution < 1.29 is 19.0 Å². The van der Waals surface area contributed by atoms with Crippen LogP contribution < -0.4 is 9.47 Å². The van der Waals surface area contributed by atoms with E-state index in [1.807, 2.05) is 54.4 Å². The highest BCUT2D eigenvalue weighted by Crippen LogP contribution is 2.33. The van der Waals surface area contributed by atoms with Crippen LogP contribution in [0.4, 0.5) is 0 Å². The van der Waals surface area contributed by atoms with Crippen molar-refractivity contribution in [1.29, 1.82) is 0 Å². The third-order valence-electron chi connectivity index (χ3n) is 6.17. The molecule has 0 saturated carbocycles. The molecular weight excluding hydrogens is 450 g/mol. The van der Waals surface area contributed by atoms with E-state index < -0.39 is 0 Å². The number of imidazole rings is 1. The Labute approximate surface area is 204 Å². The second-order valence-corrected chi connectivity index (χ2v) is 9.36. The first kappa shape index (κ1) is 22.8. The van der Waals surface area contributed by atoms with Gasteiger partial charge >= 0.3 is 0 Å². The summed E-state index contributed by atoms with van der Waals surface area (Å²) in [4.78, 5) is 19.6. The number of rotatable bonds is 9. The first-order valence-corrected chi connectivity index (χ1v) is 12.7. The molecule has 1 saturated heterocycles. The molecule has 0 radical (unpaired) electrons. The van der Waals surface area contributed by atoms with Gasteiger partial charge < -0.3 is 23.7 Å². The number of fused-ring (bicyclic) bond motifs is 1. The van der Waals surface area contributed by atoms with E-state index in [4.69, 9.17) is 14.2 Å². The molecule has 3 aromatic rings. The van der Waals surface area contributed by atoms with Gasteiger partial charge in [-0.15, -0.1) is 0 Å². The summed E-state index contributed by atoms with van der Waals surface area (Å²) in [6.45, 7) is 4.97. The molecule has 1 amide bonds. The lowest BCUT2D eigenvalue weighted by molar-refractivity contribution is -0.128. The predicted octanol–water partition coefficient (Wildman–Crippen LogP) is 4.60. The average Bonchev–Trinajstić information content (AvgIpc) is 3.63. The smallest absolute Gasteiger partial charge is 0.233 e. The number of hydrogen-bond donors (Lipinski definition) is 0. The van der Waals surface area contributed by atoms with Gasteiger partial charge in [-0.3, -0.25) is 4.79 Å². The van der Waals surface area contributed by atoms with E-state index in [9.17, 15) is 4.79 Å². The summed E-state index contributed by atoms with van der Waals surface area (Å²) in [5.74, 6) is 1.90. The van der Waals surface area contributed by atoms with Crippen LogP contribution in [0.5, 0.6) is 11.5 Å². The molecule has 1 atom stereocenters. The molecule has 5 rings (SSSR count). The van der Waals surface area contributed by atoms with E-state index in [2.05, 4.69) is 21.7 Å². The number of nitrogens with zero attached hydrogens (tertiary/aromatic N) is 3. The second kappa shape index (κ2) is 10.5. The van der Waals surface area contributed by atoms with Gasteiger partial charge in [0.15, 0.2) is 16.7 Å². The first-order valence-electron chi connectivity index (χ1n) is 11.7. The number of thioether (sulfide) groups is 1. The maximum atomic E-state index is 13.1. The average molecular weight is 480 g/mol. The van der Waals surface area contributed by atoms with E-state index >= 15 is 0 Å². The Balaban J connectivity index is 1.28. The summed E-state index contributed by atoms with van der Waals surface area (Å²) >= 11 is 1.49. The molecule has 0 aliphatic carbocycles. The molecule has 34 heavy (non-hydrogen) atoms. The molecule has 3 heterocycles. The van der Waals surface area contributed by atoms with Gasteiger partial charge in [-0.2, -0.15) is 0 Å². The van der Waals surface area contributed by atoms with Crippen molar-refractivity contribution in [2.75, 3.05) is 25.7 Å². The van der Waals surface area contributed by atoms with E-state index in [-0.39, 0.29) is 18.8 Å². The van der Waals surface area contributed by atoms with E-state index in [0.29, 0.717) is 18.8 Å². The minimum absolute atomic E-state index is 0.0816. The van der Waals surface area contributed by atoms with Gasteiger partial charge in [0.05, 0.1) is 30.3 Å². The van der Waals surface area contributed by atoms with Crippen molar-refractivity contribution >= 4 is 17.7 Å². The molecule has 0 spiro atoms. The monoisotopic (exact) mass is 479 g/mol. The van der Waals surface area contributed by atoms with Crippen molar-refractivity contribution in [2.45, 2.75) is 44.1 Å². The minimum Gasteiger partial charge on any atom is -0.454 e. The maximum Gasteiger partial charge on any atom is 0.233 e. The Bertz CT molecular complexity index is 1130. The highest BCUT2D eigenvalue weighted by Gasteiger charge is 2.22. The number of carbonyl (C=O) groups is 1. The van der Waals surface area contributed by atoms with Crippen molar-refractivity contribution in [2.24, 2.45) is 0 Å². The Morgan fingerprint density at radius 2 is 2.03 bits per heavy atom. The summed E-state index contributed by atoms with van der Waals surface area (Å²) < 4.78 is 19.0. The summed E-state index contributed by atoms with van der Waals surface area (Å²) in [5, 5.41) is 0.849. The number of carbonyl (C=O) groups excluding carboxylic acids is 1. The fraction of sp³-hybridized carbons (Fsp3) is 0.385. The van der Waals surface area contributed by atoms with E-state index in [0.717, 1.165) is 59.5 Å². The normalized spacial score (nSPS) is 16.7. The molecule has 1 unspecified atom stereocenters. The molecule has 2 aliphatic heterocycles. The number of benzene rings is 2. The quantitative estimate of drug-likeness (QED) is 0.418. The zero-order valence-electron chi connectivity index (χ0n) is 19.3. The van der Waals surface area contributed by atoms with Gasteiger partial charge in [0.2, 0.25) is 12.7 Å². The molecular formula is C26H29N3O4S. The highest BCUT2D eigenvalue weighted by atomic mass is 32.2. The molecule has 8 heteroatoms. The fourth-order valence-corrected chi connectivity index (χ4v) is 5.23. The van der Waals surface area contributed by atoms with Gasteiger partial charge in [0.1, 0.15) is 0 Å².